The van der Waals surface area contributed by atoms with Gasteiger partial charge in [0.2, 0.25) is 6.29 Å². The van der Waals surface area contributed by atoms with Crippen molar-refractivity contribution in [3.05, 3.63) is 52.1 Å². The van der Waals surface area contributed by atoms with E-state index in [4.69, 9.17) is 10.2 Å². The average Bonchev–Trinajstić information content (AvgIpc) is 3.31. The number of aromatic amines is 1. The number of amides is 2. The highest BCUT2D eigenvalue weighted by Gasteiger charge is 2.26. The van der Waals surface area contributed by atoms with Crippen LogP contribution in [0.15, 0.2) is 18.2 Å². The van der Waals surface area contributed by atoms with E-state index >= 15 is 0 Å². The Morgan fingerprint density at radius 3 is 2.53 bits per heavy atom. The molecule has 1 aliphatic rings. The predicted octanol–water partition coefficient (Wildman–Crippen LogP) is 2.29. The van der Waals surface area contributed by atoms with Crippen molar-refractivity contribution in [2.24, 2.45) is 0 Å². The van der Waals surface area contributed by atoms with Crippen molar-refractivity contribution in [2.45, 2.75) is 40.4 Å². The third kappa shape index (κ3) is 7.98. The van der Waals surface area contributed by atoms with Crippen molar-refractivity contribution in [2.75, 3.05) is 31.5 Å². The monoisotopic (exact) mass is 532 g/mol. The summed E-state index contributed by atoms with van der Waals surface area (Å²) in [5.74, 6) is -2.05. The molecular weight excluding hydrogens is 499 g/mol. The van der Waals surface area contributed by atoms with Crippen LogP contribution in [-0.2, 0) is 19.1 Å². The summed E-state index contributed by atoms with van der Waals surface area (Å²) in [5.41, 5.74) is 4.20. The molecule has 0 saturated heterocycles. The fourth-order valence-corrected chi connectivity index (χ4v) is 3.92. The molecule has 12 heteroatoms. The van der Waals surface area contributed by atoms with E-state index in [1.807, 2.05) is 13.8 Å². The minimum atomic E-state index is -1.53. The number of fused-ring (bicyclic) bond motifs is 1. The number of rotatable bonds is 11. The second kappa shape index (κ2) is 14.1. The maximum Gasteiger partial charge on any atom is 0.309 e. The third-order valence-corrected chi connectivity index (χ3v) is 5.93. The first-order chi connectivity index (χ1) is 18.0. The summed E-state index contributed by atoms with van der Waals surface area (Å²) in [5, 5.41) is 22.0. The first kappa shape index (κ1) is 30.2. The number of aliphatic hydroxyl groups is 1. The Kier molecular flexibility index (Phi) is 11.2. The van der Waals surface area contributed by atoms with E-state index in [0.717, 1.165) is 30.9 Å². The van der Waals surface area contributed by atoms with E-state index in [9.17, 15) is 23.6 Å². The van der Waals surface area contributed by atoms with Crippen LogP contribution < -0.4 is 10.6 Å². The van der Waals surface area contributed by atoms with Crippen LogP contribution in [0.25, 0.3) is 11.6 Å². The number of anilines is 1. The van der Waals surface area contributed by atoms with Crippen molar-refractivity contribution < 1.29 is 38.5 Å². The summed E-state index contributed by atoms with van der Waals surface area (Å²) >= 11 is 0. The van der Waals surface area contributed by atoms with Crippen LogP contribution in [0.2, 0.25) is 0 Å². The van der Waals surface area contributed by atoms with Gasteiger partial charge in [-0.2, -0.15) is 0 Å². The van der Waals surface area contributed by atoms with Gasteiger partial charge < -0.3 is 35.5 Å². The van der Waals surface area contributed by atoms with Crippen LogP contribution in [0, 0.1) is 19.7 Å². The van der Waals surface area contributed by atoms with E-state index in [-0.39, 0.29) is 18.3 Å². The Labute approximate surface area is 219 Å². The van der Waals surface area contributed by atoms with Crippen molar-refractivity contribution in [1.82, 2.24) is 15.2 Å². The molecule has 1 aromatic heterocycles. The number of aliphatic carboxylic acids is 1. The van der Waals surface area contributed by atoms with Crippen LogP contribution in [0.5, 0.6) is 0 Å². The maximum absolute atomic E-state index is 13.7. The van der Waals surface area contributed by atoms with Gasteiger partial charge in [-0.3, -0.25) is 19.2 Å². The van der Waals surface area contributed by atoms with Gasteiger partial charge in [-0.15, -0.1) is 0 Å². The predicted molar refractivity (Wildman–Crippen MR) is 139 cm³/mol. The van der Waals surface area contributed by atoms with E-state index in [2.05, 4.69) is 39.1 Å². The molecule has 0 radical (unpaired) electrons. The van der Waals surface area contributed by atoms with Crippen molar-refractivity contribution >= 4 is 41.6 Å². The fraction of sp³-hybridized carbons (Fsp3) is 0.385. The van der Waals surface area contributed by atoms with Crippen molar-refractivity contribution in [1.29, 1.82) is 0 Å². The number of aryl methyl sites for hydroxylation is 1. The number of benzene rings is 1. The Balaban J connectivity index is 0.000000484. The van der Waals surface area contributed by atoms with Crippen LogP contribution in [0.3, 0.4) is 0 Å². The number of aromatic nitrogens is 1. The molecule has 2 aromatic rings. The molecular formula is C26H33FN4O7. The fourth-order valence-electron chi connectivity index (χ4n) is 3.92. The van der Waals surface area contributed by atoms with Gasteiger partial charge in [0.1, 0.15) is 12.2 Å². The minimum absolute atomic E-state index is 0.00634. The number of hydrogen-bond donors (Lipinski definition) is 5. The SMILES string of the molecule is CCN(CC)CCNC(=O)c1c(C)[nH]c(/C=C2\C(=O)Nc3ccc(F)cc32)c1C.O=CO[C@H](O)CC(=O)O. The zero-order valence-electron chi connectivity index (χ0n) is 21.8. The Hall–Kier alpha value is -4.03. The maximum atomic E-state index is 13.7. The lowest BCUT2D eigenvalue weighted by molar-refractivity contribution is -0.160. The highest BCUT2D eigenvalue weighted by Crippen LogP contribution is 2.34. The first-order valence-electron chi connectivity index (χ1n) is 12.0. The van der Waals surface area contributed by atoms with Crippen LogP contribution in [0.4, 0.5) is 10.1 Å². The summed E-state index contributed by atoms with van der Waals surface area (Å²) < 4.78 is 17.5. The molecule has 5 N–H and O–H groups in total. The second-order valence-electron chi connectivity index (χ2n) is 8.43. The van der Waals surface area contributed by atoms with Gasteiger partial charge in [0.25, 0.3) is 18.3 Å². The summed E-state index contributed by atoms with van der Waals surface area (Å²) in [4.78, 5) is 49.6. The molecule has 1 atom stereocenters. The van der Waals surface area contributed by atoms with Gasteiger partial charge in [0, 0.05) is 35.7 Å². The molecule has 38 heavy (non-hydrogen) atoms. The zero-order chi connectivity index (χ0) is 28.4. The van der Waals surface area contributed by atoms with Crippen LogP contribution in [0.1, 0.15) is 53.1 Å². The first-order valence-corrected chi connectivity index (χ1v) is 12.0. The largest absolute Gasteiger partial charge is 0.481 e. The highest BCUT2D eigenvalue weighted by atomic mass is 19.1. The summed E-state index contributed by atoms with van der Waals surface area (Å²) in [6.07, 6.45) is -0.436. The standard InChI is InChI=1S/C22H27FN4O2.C4H6O5/c1-5-27(6-2)10-9-24-22(29)20-13(3)19(25-14(20)4)12-17-16-11-15(23)7-8-18(16)26-21(17)28;5-2-9-4(8)1-3(6)7/h7-8,11-12,25H,5-6,9-10H2,1-4H3,(H,24,29)(H,26,28);2,4,8H,1H2,(H,6,7)/b17-12-;/t;4-/m.0/s1. The molecule has 0 saturated carbocycles. The van der Waals surface area contributed by atoms with Crippen LogP contribution >= 0.6 is 0 Å². The number of carboxylic acids is 1. The number of ether oxygens (including phenoxy) is 1. The zero-order valence-corrected chi connectivity index (χ0v) is 21.8. The van der Waals surface area contributed by atoms with Gasteiger partial charge >= 0.3 is 5.97 Å². The molecule has 2 amide bonds. The quantitative estimate of drug-likeness (QED) is 0.167. The van der Waals surface area contributed by atoms with E-state index < -0.39 is 24.5 Å². The summed E-state index contributed by atoms with van der Waals surface area (Å²) in [6, 6.07) is 4.20. The Morgan fingerprint density at radius 1 is 1.24 bits per heavy atom. The van der Waals surface area contributed by atoms with Crippen molar-refractivity contribution in [3.8, 4) is 0 Å². The molecule has 11 nitrogen and oxygen atoms in total. The molecule has 0 aliphatic carbocycles. The second-order valence-corrected chi connectivity index (χ2v) is 8.43. The van der Waals surface area contributed by atoms with E-state index in [1.165, 1.54) is 12.1 Å². The number of carbonyl (C=O) groups is 4. The third-order valence-electron chi connectivity index (χ3n) is 5.93. The van der Waals surface area contributed by atoms with E-state index in [0.29, 0.717) is 34.6 Å². The summed E-state index contributed by atoms with van der Waals surface area (Å²) in [7, 11) is 0. The molecule has 3 rings (SSSR count). The smallest absolute Gasteiger partial charge is 0.309 e. The van der Waals surface area contributed by atoms with E-state index in [1.54, 1.807) is 12.1 Å². The van der Waals surface area contributed by atoms with Gasteiger partial charge in [0.05, 0.1) is 11.1 Å². The number of nitrogens with zero attached hydrogens (tertiary/aromatic N) is 1. The molecule has 1 aromatic carbocycles. The lowest BCUT2D eigenvalue weighted by Crippen LogP contribution is -2.35. The normalized spacial score (nSPS) is 13.9. The van der Waals surface area contributed by atoms with Gasteiger partial charge in [-0.25, -0.2) is 4.39 Å². The van der Waals surface area contributed by atoms with Crippen LogP contribution in [-0.4, -0.2) is 76.8 Å². The van der Waals surface area contributed by atoms with Crippen molar-refractivity contribution in [3.63, 3.8) is 0 Å². The molecule has 0 unspecified atom stereocenters. The molecule has 1 aliphatic heterocycles. The molecule has 2 heterocycles. The lowest BCUT2D eigenvalue weighted by atomic mass is 10.0. The van der Waals surface area contributed by atoms with Gasteiger partial charge in [-0.05, 0) is 56.8 Å². The number of likely N-dealkylation sites (N-methyl/N-ethyl adjacent to an activating group) is 1. The molecule has 206 valence electrons. The molecule has 0 fully saturated rings. The number of H-pyrrole nitrogens is 1. The average molecular weight is 533 g/mol. The number of halogens is 1. The Bertz CT molecular complexity index is 1200. The molecule has 0 spiro atoms. The lowest BCUT2D eigenvalue weighted by Gasteiger charge is -2.18. The summed E-state index contributed by atoms with van der Waals surface area (Å²) in [6.45, 7) is 11.1. The molecule has 0 bridgehead atoms. The number of carbonyl (C=O) groups excluding carboxylic acids is 3. The van der Waals surface area contributed by atoms with Gasteiger partial charge in [-0.1, -0.05) is 13.8 Å². The van der Waals surface area contributed by atoms with Gasteiger partial charge in [0.15, 0.2) is 0 Å². The Morgan fingerprint density at radius 2 is 1.92 bits per heavy atom. The highest BCUT2D eigenvalue weighted by molar-refractivity contribution is 6.34. The minimum Gasteiger partial charge on any atom is -0.481 e. The number of carboxylic acid groups (broad SMARTS) is 1. The number of hydrogen-bond acceptors (Lipinski definition) is 7. The number of aliphatic hydroxyl groups excluding tert-OH is 1. The number of nitrogens with one attached hydrogen (secondary N) is 3. The topological polar surface area (TPSA) is 161 Å².